The van der Waals surface area contributed by atoms with E-state index in [4.69, 9.17) is 0 Å². The smallest absolute Gasteiger partial charge is 0.348 e. The number of non-ortho nitro benzene ring substituents is 1. The molecule has 2 N–H and O–H groups in total. The van der Waals surface area contributed by atoms with Crippen molar-refractivity contribution in [3.63, 3.8) is 0 Å². The first-order valence-corrected chi connectivity index (χ1v) is 9.03. The van der Waals surface area contributed by atoms with Crippen LogP contribution in [0.5, 0.6) is 0 Å². The van der Waals surface area contributed by atoms with E-state index in [1.54, 1.807) is 0 Å². The van der Waals surface area contributed by atoms with Crippen molar-refractivity contribution in [2.45, 2.75) is 38.6 Å². The van der Waals surface area contributed by atoms with E-state index in [0.29, 0.717) is 18.1 Å². The highest BCUT2D eigenvalue weighted by Gasteiger charge is 2.31. The monoisotopic (exact) mass is 387 g/mol. The van der Waals surface area contributed by atoms with Crippen molar-refractivity contribution in [3.8, 4) is 0 Å². The Kier molecular flexibility index (Phi) is 5.82. The summed E-state index contributed by atoms with van der Waals surface area (Å²) in [4.78, 5) is 31.7. The lowest BCUT2D eigenvalue weighted by Gasteiger charge is -2.35. The van der Waals surface area contributed by atoms with Gasteiger partial charge in [-0.15, -0.1) is 0 Å². The first-order chi connectivity index (χ1) is 13.5. The third-order valence-corrected chi connectivity index (χ3v) is 4.76. The zero-order valence-electron chi connectivity index (χ0n) is 15.4. The average molecular weight is 387 g/mol. The summed E-state index contributed by atoms with van der Waals surface area (Å²) >= 11 is 0. The van der Waals surface area contributed by atoms with Gasteiger partial charge >= 0.3 is 5.69 Å². The topological polar surface area (TPSA) is 139 Å². The normalized spacial score (nSPS) is 16.5. The van der Waals surface area contributed by atoms with E-state index in [-0.39, 0.29) is 23.2 Å². The van der Waals surface area contributed by atoms with Gasteiger partial charge in [-0.25, -0.2) is 9.97 Å². The Balaban J connectivity index is 1.84. The van der Waals surface area contributed by atoms with Crippen LogP contribution in [-0.4, -0.2) is 32.4 Å². The molecular weight excluding hydrogens is 366 g/mol. The van der Waals surface area contributed by atoms with Gasteiger partial charge in [-0.05, 0) is 37.8 Å². The van der Waals surface area contributed by atoms with E-state index in [0.717, 1.165) is 25.7 Å². The van der Waals surface area contributed by atoms with Crippen LogP contribution in [0.15, 0.2) is 30.6 Å². The van der Waals surface area contributed by atoms with Crippen molar-refractivity contribution in [3.05, 3.63) is 50.8 Å². The quantitative estimate of drug-likeness (QED) is 0.539. The minimum atomic E-state index is -0.498. The molecule has 1 saturated heterocycles. The van der Waals surface area contributed by atoms with Gasteiger partial charge in [0.2, 0.25) is 11.6 Å². The van der Waals surface area contributed by atoms with E-state index in [1.165, 1.54) is 30.6 Å². The summed E-state index contributed by atoms with van der Waals surface area (Å²) in [6, 6.07) is 5.87. The molecule has 1 aliphatic rings. The molecule has 28 heavy (non-hydrogen) atoms. The molecule has 11 heteroatoms. The number of nitrogens with one attached hydrogen (secondary N) is 2. The Morgan fingerprint density at radius 2 is 1.86 bits per heavy atom. The largest absolute Gasteiger partial charge is 0.355 e. The highest BCUT2D eigenvalue weighted by molar-refractivity contribution is 5.72. The highest BCUT2D eigenvalue weighted by atomic mass is 16.6. The van der Waals surface area contributed by atoms with Gasteiger partial charge in [-0.2, -0.15) is 0 Å². The van der Waals surface area contributed by atoms with Crippen molar-refractivity contribution in [2.75, 3.05) is 22.3 Å². The molecule has 2 aromatic rings. The molecule has 1 atom stereocenters. The highest BCUT2D eigenvalue weighted by Crippen LogP contribution is 2.35. The molecule has 0 radical (unpaired) electrons. The molecule has 0 aliphatic carbocycles. The Morgan fingerprint density at radius 3 is 2.50 bits per heavy atom. The second kappa shape index (κ2) is 8.46. The molecule has 3 rings (SSSR count). The van der Waals surface area contributed by atoms with Gasteiger partial charge in [0.15, 0.2) is 0 Å². The number of aromatic nitrogens is 2. The lowest BCUT2D eigenvalue weighted by atomic mass is 10.00. The van der Waals surface area contributed by atoms with E-state index < -0.39 is 9.85 Å². The fourth-order valence-corrected chi connectivity index (χ4v) is 3.34. The van der Waals surface area contributed by atoms with E-state index >= 15 is 0 Å². The molecular formula is C17H21N7O4. The van der Waals surface area contributed by atoms with Crippen LogP contribution in [-0.2, 0) is 0 Å². The molecule has 2 heterocycles. The summed E-state index contributed by atoms with van der Waals surface area (Å²) in [7, 11) is 0. The predicted molar refractivity (Wildman–Crippen MR) is 104 cm³/mol. The number of nitro benzene ring substituents is 1. The third kappa shape index (κ3) is 4.08. The number of benzene rings is 1. The zero-order chi connectivity index (χ0) is 20.1. The molecule has 148 valence electrons. The number of nitrogens with zero attached hydrogens (tertiary/aromatic N) is 5. The van der Waals surface area contributed by atoms with Crippen molar-refractivity contribution < 1.29 is 9.85 Å². The molecule has 1 fully saturated rings. The van der Waals surface area contributed by atoms with Gasteiger partial charge in [0.05, 0.1) is 15.5 Å². The van der Waals surface area contributed by atoms with Crippen molar-refractivity contribution in [1.29, 1.82) is 0 Å². The van der Waals surface area contributed by atoms with Crippen LogP contribution in [0, 0.1) is 20.2 Å². The van der Waals surface area contributed by atoms with Gasteiger partial charge in [-0.3, -0.25) is 31.1 Å². The van der Waals surface area contributed by atoms with E-state index in [2.05, 4.69) is 27.7 Å². The van der Waals surface area contributed by atoms with E-state index in [1.807, 2.05) is 4.90 Å². The summed E-state index contributed by atoms with van der Waals surface area (Å²) in [5.74, 6) is 0.341. The van der Waals surface area contributed by atoms with Gasteiger partial charge in [-0.1, -0.05) is 6.92 Å². The Hall–Kier alpha value is -3.50. The molecule has 0 amide bonds. The fourth-order valence-electron chi connectivity index (χ4n) is 3.34. The van der Waals surface area contributed by atoms with Crippen molar-refractivity contribution in [2.24, 2.45) is 0 Å². The maximum Gasteiger partial charge on any atom is 0.355 e. The molecule has 11 nitrogen and oxygen atoms in total. The average Bonchev–Trinajstić information content (AvgIpc) is 2.72. The number of nitro groups is 2. The first kappa shape index (κ1) is 19.3. The number of hydrazine groups is 1. The van der Waals surface area contributed by atoms with Gasteiger partial charge in [0.1, 0.15) is 6.33 Å². The Labute approximate surface area is 161 Å². The molecule has 0 bridgehead atoms. The zero-order valence-corrected chi connectivity index (χ0v) is 15.4. The van der Waals surface area contributed by atoms with Gasteiger partial charge in [0, 0.05) is 24.7 Å². The van der Waals surface area contributed by atoms with Crippen LogP contribution in [0.2, 0.25) is 0 Å². The number of piperidine rings is 1. The van der Waals surface area contributed by atoms with Crippen LogP contribution in [0.4, 0.5) is 28.7 Å². The minimum absolute atomic E-state index is 0.0359. The molecule has 0 spiro atoms. The van der Waals surface area contributed by atoms with Gasteiger partial charge < -0.3 is 4.90 Å². The number of hydrogen-bond donors (Lipinski definition) is 2. The number of anilines is 3. The van der Waals surface area contributed by atoms with E-state index in [9.17, 15) is 20.2 Å². The lowest BCUT2D eigenvalue weighted by Crippen LogP contribution is -2.40. The summed E-state index contributed by atoms with van der Waals surface area (Å²) < 4.78 is 0. The maximum absolute atomic E-state index is 11.8. The van der Waals surface area contributed by atoms with Crippen molar-refractivity contribution >= 4 is 28.7 Å². The molecule has 0 saturated carbocycles. The minimum Gasteiger partial charge on any atom is -0.348 e. The van der Waals surface area contributed by atoms with Crippen LogP contribution >= 0.6 is 0 Å². The summed E-state index contributed by atoms with van der Waals surface area (Å²) in [6.07, 6.45) is 5.21. The summed E-state index contributed by atoms with van der Waals surface area (Å²) in [5.41, 5.74) is 5.79. The van der Waals surface area contributed by atoms with Crippen LogP contribution in [0.1, 0.15) is 32.6 Å². The molecule has 1 unspecified atom stereocenters. The molecule has 1 aliphatic heterocycles. The van der Waals surface area contributed by atoms with Crippen molar-refractivity contribution in [1.82, 2.24) is 9.97 Å². The van der Waals surface area contributed by atoms with Crippen LogP contribution < -0.4 is 15.8 Å². The molecule has 1 aromatic carbocycles. The number of hydrogen-bond acceptors (Lipinski definition) is 9. The maximum atomic E-state index is 11.8. The third-order valence-electron chi connectivity index (χ3n) is 4.76. The SMILES string of the molecule is CCC1CCCCN1c1ncnc(NNc2ccc([N+](=O)[O-])cc2)c1[N+](=O)[O-]. The first-order valence-electron chi connectivity index (χ1n) is 9.03. The summed E-state index contributed by atoms with van der Waals surface area (Å²) in [5, 5.41) is 22.5. The Morgan fingerprint density at radius 1 is 1.11 bits per heavy atom. The Bertz CT molecular complexity index is 859. The van der Waals surface area contributed by atoms with Crippen LogP contribution in [0.25, 0.3) is 0 Å². The second-order valence-electron chi connectivity index (χ2n) is 6.46. The lowest BCUT2D eigenvalue weighted by molar-refractivity contribution is -0.384. The summed E-state index contributed by atoms with van der Waals surface area (Å²) in [6.45, 7) is 2.77. The second-order valence-corrected chi connectivity index (χ2v) is 6.46. The predicted octanol–water partition coefficient (Wildman–Crippen LogP) is 3.50. The van der Waals surface area contributed by atoms with Crippen LogP contribution in [0.3, 0.4) is 0 Å². The molecule has 1 aromatic heterocycles. The number of rotatable bonds is 7. The standard InChI is InChI=1S/C17H21N7O4/c1-2-13-5-3-4-10-22(13)17-15(24(27)28)16(18-11-19-17)21-20-12-6-8-14(9-7-12)23(25)26/h6-9,11,13,20H,2-5,10H2,1H3,(H,18,19,21). The fraction of sp³-hybridized carbons (Fsp3) is 0.412. The van der Waals surface area contributed by atoms with Gasteiger partial charge in [0.25, 0.3) is 5.69 Å².